The van der Waals surface area contributed by atoms with Gasteiger partial charge in [0.05, 0.1) is 0 Å². The van der Waals surface area contributed by atoms with E-state index >= 15 is 0 Å². The molecule has 0 radical (unpaired) electrons. The molecule has 0 heterocycles. The van der Waals surface area contributed by atoms with Crippen molar-refractivity contribution in [3.05, 3.63) is 102 Å². The van der Waals surface area contributed by atoms with Crippen LogP contribution in [0.2, 0.25) is 0 Å². The van der Waals surface area contributed by atoms with Gasteiger partial charge < -0.3 is 4.90 Å². The van der Waals surface area contributed by atoms with Gasteiger partial charge in [-0.2, -0.15) is 0 Å². The fourth-order valence-corrected chi connectivity index (χ4v) is 2.66. The molecule has 0 aliphatic rings. The van der Waals surface area contributed by atoms with E-state index in [9.17, 15) is 0 Å². The van der Waals surface area contributed by atoms with E-state index in [-0.39, 0.29) is 0 Å². The molecule has 0 aromatic heterocycles. The lowest BCUT2D eigenvalue weighted by Gasteiger charge is -2.18. The lowest BCUT2D eigenvalue weighted by molar-refractivity contribution is 0.593. The van der Waals surface area contributed by atoms with E-state index in [0.717, 1.165) is 16.8 Å². The molecule has 0 aliphatic carbocycles. The normalized spacial score (nSPS) is 10.6. The number of allylic oxidation sites excluding steroid dienone is 6. The Labute approximate surface area is 179 Å². The molecular formula is C28H39N. The second kappa shape index (κ2) is 13.4. The Morgan fingerprint density at radius 1 is 0.931 bits per heavy atom. The SMILES string of the molecule is C=C(C)C(=C)/C(C)=C\C=C/C.C=C(c1ccc2ccccc2c1C)N(C)C.CC. The molecule has 0 fully saturated rings. The molecule has 0 spiro atoms. The first-order valence-electron chi connectivity index (χ1n) is 10.2. The predicted octanol–water partition coefficient (Wildman–Crippen LogP) is 8.35. The number of hydrogen-bond donors (Lipinski definition) is 0. The van der Waals surface area contributed by atoms with Crippen molar-refractivity contribution in [2.45, 2.75) is 41.5 Å². The number of hydrogen-bond acceptors (Lipinski definition) is 1. The van der Waals surface area contributed by atoms with Gasteiger partial charge in [0.2, 0.25) is 0 Å². The summed E-state index contributed by atoms with van der Waals surface area (Å²) in [5.74, 6) is 0. The molecule has 0 bridgehead atoms. The molecule has 2 rings (SSSR count). The summed E-state index contributed by atoms with van der Waals surface area (Å²) in [6, 6.07) is 12.8. The van der Waals surface area contributed by atoms with Crippen LogP contribution in [-0.2, 0) is 0 Å². The maximum absolute atomic E-state index is 4.12. The first kappa shape index (κ1) is 26.2. The Morgan fingerprint density at radius 3 is 2.03 bits per heavy atom. The van der Waals surface area contributed by atoms with Crippen LogP contribution in [0.5, 0.6) is 0 Å². The highest BCUT2D eigenvalue weighted by Gasteiger charge is 2.07. The van der Waals surface area contributed by atoms with Gasteiger partial charge in [0.15, 0.2) is 0 Å². The number of fused-ring (bicyclic) bond motifs is 1. The van der Waals surface area contributed by atoms with Crippen LogP contribution in [-0.4, -0.2) is 19.0 Å². The van der Waals surface area contributed by atoms with Gasteiger partial charge in [0.1, 0.15) is 0 Å². The van der Waals surface area contributed by atoms with Gasteiger partial charge in [0.25, 0.3) is 0 Å². The summed E-state index contributed by atoms with van der Waals surface area (Å²) >= 11 is 0. The van der Waals surface area contributed by atoms with Crippen molar-refractivity contribution in [1.29, 1.82) is 0 Å². The Hall–Kier alpha value is -2.80. The van der Waals surface area contributed by atoms with E-state index in [1.165, 1.54) is 27.5 Å². The summed E-state index contributed by atoms with van der Waals surface area (Å²) in [6.07, 6.45) is 6.04. The maximum atomic E-state index is 4.12. The highest BCUT2D eigenvalue weighted by Crippen LogP contribution is 2.26. The summed E-state index contributed by atoms with van der Waals surface area (Å²) < 4.78 is 0. The first-order valence-corrected chi connectivity index (χ1v) is 10.2. The van der Waals surface area contributed by atoms with Crippen LogP contribution in [0.3, 0.4) is 0 Å². The highest BCUT2D eigenvalue weighted by molar-refractivity contribution is 5.89. The molecule has 1 nitrogen and oxygen atoms in total. The van der Waals surface area contributed by atoms with Crippen LogP contribution in [0, 0.1) is 6.92 Å². The zero-order chi connectivity index (χ0) is 22.6. The summed E-state index contributed by atoms with van der Waals surface area (Å²) in [5, 5.41) is 2.60. The predicted molar refractivity (Wildman–Crippen MR) is 135 cm³/mol. The fraction of sp³-hybridized carbons (Fsp3) is 0.286. The highest BCUT2D eigenvalue weighted by atomic mass is 15.1. The molecule has 0 atom stereocenters. The average Bonchev–Trinajstić information content (AvgIpc) is 2.73. The minimum Gasteiger partial charge on any atom is -0.378 e. The van der Waals surface area contributed by atoms with Crippen LogP contribution >= 0.6 is 0 Å². The van der Waals surface area contributed by atoms with Crippen molar-refractivity contribution < 1.29 is 0 Å². The van der Waals surface area contributed by atoms with Crippen molar-refractivity contribution in [1.82, 2.24) is 4.90 Å². The number of nitrogens with zero attached hydrogens (tertiary/aromatic N) is 1. The van der Waals surface area contributed by atoms with Crippen LogP contribution in [0.15, 0.2) is 91.1 Å². The Morgan fingerprint density at radius 2 is 1.52 bits per heavy atom. The minimum absolute atomic E-state index is 1.03. The molecule has 156 valence electrons. The number of rotatable bonds is 5. The van der Waals surface area contributed by atoms with Crippen LogP contribution in [0.1, 0.15) is 45.7 Å². The first-order chi connectivity index (χ1) is 13.7. The van der Waals surface area contributed by atoms with Crippen molar-refractivity contribution in [3.8, 4) is 0 Å². The summed E-state index contributed by atoms with van der Waals surface area (Å²) in [6.45, 7) is 24.0. The molecule has 0 saturated heterocycles. The van der Waals surface area contributed by atoms with E-state index in [2.05, 4.69) is 68.0 Å². The van der Waals surface area contributed by atoms with E-state index in [0.29, 0.717) is 0 Å². The quantitative estimate of drug-likeness (QED) is 0.464. The largest absolute Gasteiger partial charge is 0.378 e. The fourth-order valence-electron chi connectivity index (χ4n) is 2.66. The van der Waals surface area contributed by atoms with E-state index < -0.39 is 0 Å². The molecule has 0 unspecified atom stereocenters. The Kier molecular flexibility index (Phi) is 12.1. The topological polar surface area (TPSA) is 3.24 Å². The molecule has 0 N–H and O–H groups in total. The summed E-state index contributed by atoms with van der Waals surface area (Å²) in [4.78, 5) is 2.05. The zero-order valence-corrected chi connectivity index (χ0v) is 19.8. The molecule has 2 aromatic carbocycles. The molecule has 0 saturated carbocycles. The van der Waals surface area contributed by atoms with Gasteiger partial charge in [-0.1, -0.05) is 93.8 Å². The third-order valence-electron chi connectivity index (χ3n) is 4.58. The van der Waals surface area contributed by atoms with E-state index in [1.54, 1.807) is 0 Å². The molecule has 1 heteroatoms. The van der Waals surface area contributed by atoms with Crippen LogP contribution < -0.4 is 0 Å². The van der Waals surface area contributed by atoms with Gasteiger partial charge in [-0.05, 0) is 55.2 Å². The van der Waals surface area contributed by atoms with Gasteiger partial charge in [0, 0.05) is 25.4 Å². The summed E-state index contributed by atoms with van der Waals surface area (Å²) in [5.41, 5.74) is 6.82. The summed E-state index contributed by atoms with van der Waals surface area (Å²) in [7, 11) is 4.05. The lowest BCUT2D eigenvalue weighted by Crippen LogP contribution is -2.09. The van der Waals surface area contributed by atoms with Gasteiger partial charge in [-0.25, -0.2) is 0 Å². The van der Waals surface area contributed by atoms with Crippen LogP contribution in [0.4, 0.5) is 0 Å². The van der Waals surface area contributed by atoms with Crippen molar-refractivity contribution >= 4 is 16.5 Å². The lowest BCUT2D eigenvalue weighted by atomic mass is 9.98. The minimum atomic E-state index is 1.03. The monoisotopic (exact) mass is 389 g/mol. The molecular weight excluding hydrogens is 350 g/mol. The number of aryl methyl sites for hydroxylation is 1. The average molecular weight is 390 g/mol. The second-order valence-corrected chi connectivity index (χ2v) is 6.93. The second-order valence-electron chi connectivity index (χ2n) is 6.93. The Bertz CT molecular complexity index is 892. The van der Waals surface area contributed by atoms with Gasteiger partial charge >= 0.3 is 0 Å². The van der Waals surface area contributed by atoms with Gasteiger partial charge in [-0.15, -0.1) is 0 Å². The molecule has 2 aromatic rings. The van der Waals surface area contributed by atoms with E-state index in [1.807, 2.05) is 66.9 Å². The van der Waals surface area contributed by atoms with Crippen molar-refractivity contribution in [2.75, 3.05) is 14.1 Å². The third-order valence-corrected chi connectivity index (χ3v) is 4.58. The number of benzene rings is 2. The smallest absolute Gasteiger partial charge is 0.0364 e. The van der Waals surface area contributed by atoms with Crippen molar-refractivity contribution in [2.24, 2.45) is 0 Å². The maximum Gasteiger partial charge on any atom is 0.0364 e. The van der Waals surface area contributed by atoms with Crippen molar-refractivity contribution in [3.63, 3.8) is 0 Å². The zero-order valence-electron chi connectivity index (χ0n) is 19.8. The standard InChI is InChI=1S/C15H17N.C11H16.C2H6/c1-11-14(12(2)16(3)4)10-9-13-7-5-6-8-15(11)13;1-6-7-8-10(4)11(5)9(2)3;1-2/h5-10H,2H2,1,3-4H3;6-8H,2,5H2,1,3-4H3;1-2H3/b;7-6-,10-8-;. The third kappa shape index (κ3) is 7.99. The Balaban J connectivity index is 0.000000532. The van der Waals surface area contributed by atoms with Gasteiger partial charge in [-0.3, -0.25) is 0 Å². The molecule has 0 amide bonds. The molecule has 29 heavy (non-hydrogen) atoms. The molecule has 0 aliphatic heterocycles. The van der Waals surface area contributed by atoms with Crippen LogP contribution in [0.25, 0.3) is 16.5 Å². The van der Waals surface area contributed by atoms with E-state index in [4.69, 9.17) is 0 Å².